The van der Waals surface area contributed by atoms with E-state index in [0.717, 1.165) is 0 Å². The number of carbonyl (C=O) groups is 2. The van der Waals surface area contributed by atoms with Gasteiger partial charge in [-0.1, -0.05) is 6.07 Å². The van der Waals surface area contributed by atoms with E-state index < -0.39 is 6.67 Å². The van der Waals surface area contributed by atoms with Gasteiger partial charge in [-0.3, -0.25) is 9.59 Å². The van der Waals surface area contributed by atoms with Gasteiger partial charge in [0.25, 0.3) is 5.91 Å². The number of methoxy groups -OCH3 is 1. The molecule has 0 radical (unpaired) electrons. The first-order chi connectivity index (χ1) is 14.6. The molecular weight excluding hydrogens is 391 g/mol. The van der Waals surface area contributed by atoms with Gasteiger partial charge in [0, 0.05) is 26.1 Å². The third-order valence-electron chi connectivity index (χ3n) is 4.63. The second kappa shape index (κ2) is 10.6. The number of amides is 2. The average Bonchev–Trinajstić information content (AvgIpc) is 2.75. The number of halogens is 1. The number of carbonyl (C=O) groups excluding carboxylic acids is 2. The summed E-state index contributed by atoms with van der Waals surface area (Å²) in [7, 11) is 1.60. The molecular formula is C22H25FN2O5. The summed E-state index contributed by atoms with van der Waals surface area (Å²) in [6, 6.07) is 11.2. The molecule has 1 unspecified atom stereocenters. The van der Waals surface area contributed by atoms with Crippen LogP contribution in [0.25, 0.3) is 0 Å². The van der Waals surface area contributed by atoms with Gasteiger partial charge in [0.15, 0.2) is 0 Å². The highest BCUT2D eigenvalue weighted by Gasteiger charge is 2.23. The minimum Gasteiger partial charge on any atom is -0.491 e. The van der Waals surface area contributed by atoms with Crippen LogP contribution in [-0.2, 0) is 16.2 Å². The summed E-state index contributed by atoms with van der Waals surface area (Å²) in [4.78, 5) is 24.3. The van der Waals surface area contributed by atoms with Crippen LogP contribution in [0.5, 0.6) is 17.2 Å². The number of alkyl halides is 1. The van der Waals surface area contributed by atoms with Crippen molar-refractivity contribution in [1.82, 2.24) is 10.6 Å². The minimum atomic E-state index is -0.673. The lowest BCUT2D eigenvalue weighted by atomic mass is 10.0. The van der Waals surface area contributed by atoms with E-state index in [1.165, 1.54) is 12.1 Å². The van der Waals surface area contributed by atoms with Gasteiger partial charge < -0.3 is 24.8 Å². The van der Waals surface area contributed by atoms with Crippen LogP contribution in [0.1, 0.15) is 28.8 Å². The van der Waals surface area contributed by atoms with E-state index in [9.17, 15) is 14.0 Å². The molecule has 2 amide bonds. The first kappa shape index (κ1) is 21.6. The van der Waals surface area contributed by atoms with Crippen molar-refractivity contribution in [2.75, 3.05) is 26.9 Å². The van der Waals surface area contributed by atoms with Gasteiger partial charge in [0.1, 0.15) is 30.5 Å². The number of nitrogens with one attached hydrogen (secondary N) is 2. The van der Waals surface area contributed by atoms with E-state index in [-0.39, 0.29) is 35.6 Å². The highest BCUT2D eigenvalue weighted by Crippen LogP contribution is 2.29. The lowest BCUT2D eigenvalue weighted by Crippen LogP contribution is -2.45. The zero-order chi connectivity index (χ0) is 21.3. The quantitative estimate of drug-likeness (QED) is 0.614. The van der Waals surface area contributed by atoms with E-state index in [1.54, 1.807) is 37.4 Å². The SMILES string of the molecule is COCCOc1ccc(Oc2cc(CF)ccc2C(=O)NC2CCNC(=O)C2)cc1. The van der Waals surface area contributed by atoms with Gasteiger partial charge in [-0.25, -0.2) is 4.39 Å². The van der Waals surface area contributed by atoms with Crippen molar-refractivity contribution >= 4 is 11.8 Å². The Kier molecular flexibility index (Phi) is 7.62. The normalized spacial score (nSPS) is 15.9. The van der Waals surface area contributed by atoms with Crippen molar-refractivity contribution in [3.05, 3.63) is 53.6 Å². The van der Waals surface area contributed by atoms with Crippen LogP contribution in [0.4, 0.5) is 4.39 Å². The van der Waals surface area contributed by atoms with Crippen LogP contribution in [0.3, 0.4) is 0 Å². The Hall–Kier alpha value is -3.13. The first-order valence-electron chi connectivity index (χ1n) is 9.75. The molecule has 2 N–H and O–H groups in total. The molecule has 0 bridgehead atoms. The fourth-order valence-electron chi connectivity index (χ4n) is 3.07. The van der Waals surface area contributed by atoms with Gasteiger partial charge in [-0.15, -0.1) is 0 Å². The molecule has 8 heteroatoms. The molecule has 2 aromatic rings. The Balaban J connectivity index is 1.73. The fraction of sp³-hybridized carbons (Fsp3) is 0.364. The van der Waals surface area contributed by atoms with E-state index in [1.807, 2.05) is 0 Å². The summed E-state index contributed by atoms with van der Waals surface area (Å²) in [5.74, 6) is 0.927. The summed E-state index contributed by atoms with van der Waals surface area (Å²) in [5.41, 5.74) is 0.678. The molecule has 1 heterocycles. The molecule has 0 aliphatic carbocycles. The predicted molar refractivity (Wildman–Crippen MR) is 109 cm³/mol. The highest BCUT2D eigenvalue weighted by molar-refractivity contribution is 5.97. The van der Waals surface area contributed by atoms with E-state index in [2.05, 4.69) is 10.6 Å². The van der Waals surface area contributed by atoms with E-state index in [4.69, 9.17) is 14.2 Å². The summed E-state index contributed by atoms with van der Waals surface area (Å²) >= 11 is 0. The Morgan fingerprint density at radius 2 is 1.93 bits per heavy atom. The van der Waals surface area contributed by atoms with E-state index in [0.29, 0.717) is 43.2 Å². The topological polar surface area (TPSA) is 85.9 Å². The zero-order valence-electron chi connectivity index (χ0n) is 16.8. The van der Waals surface area contributed by atoms with Gasteiger partial charge in [0.05, 0.1) is 12.2 Å². The largest absolute Gasteiger partial charge is 0.491 e. The summed E-state index contributed by atoms with van der Waals surface area (Å²) in [5, 5.41) is 5.59. The minimum absolute atomic E-state index is 0.0939. The molecule has 30 heavy (non-hydrogen) atoms. The Morgan fingerprint density at radius 1 is 1.17 bits per heavy atom. The van der Waals surface area contributed by atoms with E-state index >= 15 is 0 Å². The van der Waals surface area contributed by atoms with Crippen molar-refractivity contribution in [2.45, 2.75) is 25.6 Å². The Bertz CT molecular complexity index is 872. The molecule has 160 valence electrons. The summed E-state index contributed by atoms with van der Waals surface area (Å²) in [6.07, 6.45) is 0.885. The highest BCUT2D eigenvalue weighted by atomic mass is 19.1. The maximum absolute atomic E-state index is 13.2. The van der Waals surface area contributed by atoms with Crippen LogP contribution in [-0.4, -0.2) is 44.7 Å². The average molecular weight is 416 g/mol. The molecule has 0 spiro atoms. The van der Waals surface area contributed by atoms with Gasteiger partial charge in [-0.2, -0.15) is 0 Å². The van der Waals surface area contributed by atoms with Crippen molar-refractivity contribution in [3.8, 4) is 17.2 Å². The molecule has 0 aromatic heterocycles. The maximum atomic E-state index is 13.2. The summed E-state index contributed by atoms with van der Waals surface area (Å²) in [6.45, 7) is 0.758. The van der Waals surface area contributed by atoms with Crippen molar-refractivity contribution in [3.63, 3.8) is 0 Å². The smallest absolute Gasteiger partial charge is 0.255 e. The van der Waals surface area contributed by atoms with Crippen molar-refractivity contribution < 1.29 is 28.2 Å². The molecule has 7 nitrogen and oxygen atoms in total. The van der Waals surface area contributed by atoms with Crippen LogP contribution in [0.2, 0.25) is 0 Å². The molecule has 1 fully saturated rings. The molecule has 3 rings (SSSR count). The molecule has 1 aliphatic heterocycles. The molecule has 1 aliphatic rings. The van der Waals surface area contributed by atoms with Crippen molar-refractivity contribution in [2.24, 2.45) is 0 Å². The van der Waals surface area contributed by atoms with Crippen LogP contribution in [0.15, 0.2) is 42.5 Å². The standard InChI is InChI=1S/C22H25FN2O5/c1-28-10-11-29-17-3-5-18(6-4-17)30-20-12-15(14-23)2-7-19(20)22(27)25-16-8-9-24-21(26)13-16/h2-7,12,16H,8-11,13-14H2,1H3,(H,24,26)(H,25,27). The number of benzene rings is 2. The zero-order valence-corrected chi connectivity index (χ0v) is 16.8. The summed E-state index contributed by atoms with van der Waals surface area (Å²) < 4.78 is 29.5. The molecule has 0 saturated carbocycles. The Morgan fingerprint density at radius 3 is 2.63 bits per heavy atom. The number of ether oxygens (including phenoxy) is 3. The number of hydrogen-bond acceptors (Lipinski definition) is 5. The monoisotopic (exact) mass is 416 g/mol. The Labute approximate surface area is 174 Å². The maximum Gasteiger partial charge on any atom is 0.255 e. The molecule has 1 atom stereocenters. The third kappa shape index (κ3) is 5.93. The molecule has 1 saturated heterocycles. The third-order valence-corrected chi connectivity index (χ3v) is 4.63. The number of piperidine rings is 1. The second-order valence-corrected chi connectivity index (χ2v) is 6.89. The fourth-order valence-corrected chi connectivity index (χ4v) is 3.07. The van der Waals surface area contributed by atoms with Crippen LogP contribution >= 0.6 is 0 Å². The first-order valence-corrected chi connectivity index (χ1v) is 9.75. The van der Waals surface area contributed by atoms with Crippen molar-refractivity contribution in [1.29, 1.82) is 0 Å². The van der Waals surface area contributed by atoms with Crippen LogP contribution < -0.4 is 20.1 Å². The lowest BCUT2D eigenvalue weighted by molar-refractivity contribution is -0.122. The number of hydrogen-bond donors (Lipinski definition) is 2. The van der Waals surface area contributed by atoms with Gasteiger partial charge >= 0.3 is 0 Å². The van der Waals surface area contributed by atoms with Crippen LogP contribution in [0, 0.1) is 0 Å². The lowest BCUT2D eigenvalue weighted by Gasteiger charge is -2.23. The van der Waals surface area contributed by atoms with Gasteiger partial charge in [-0.05, 0) is 48.4 Å². The number of rotatable bonds is 9. The van der Waals surface area contributed by atoms with Gasteiger partial charge in [0.2, 0.25) is 5.91 Å². The molecule has 2 aromatic carbocycles. The predicted octanol–water partition coefficient (Wildman–Crippen LogP) is 2.98. The second-order valence-electron chi connectivity index (χ2n) is 6.89.